The van der Waals surface area contributed by atoms with E-state index in [1.807, 2.05) is 18.2 Å². The van der Waals surface area contributed by atoms with Gasteiger partial charge in [0.2, 0.25) is 15.9 Å². The lowest BCUT2D eigenvalue weighted by atomic mass is 9.78. The summed E-state index contributed by atoms with van der Waals surface area (Å²) >= 11 is 0. The molecule has 1 saturated heterocycles. The van der Waals surface area contributed by atoms with Crippen molar-refractivity contribution in [1.29, 1.82) is 0 Å². The molecule has 2 aliphatic rings. The van der Waals surface area contributed by atoms with E-state index in [0.29, 0.717) is 12.3 Å². The number of nitrogens with one attached hydrogen (secondary N) is 2. The molecule has 0 radical (unpaired) electrons. The fraction of sp³-hybridized carbons (Fsp3) is 0.632. The van der Waals surface area contributed by atoms with Crippen molar-refractivity contribution in [2.45, 2.75) is 50.8 Å². The molecule has 8 heteroatoms. The fourth-order valence-corrected chi connectivity index (χ4v) is 4.80. The summed E-state index contributed by atoms with van der Waals surface area (Å²) in [5.41, 5.74) is 1.30. The van der Waals surface area contributed by atoms with E-state index in [-0.39, 0.29) is 17.6 Å². The summed E-state index contributed by atoms with van der Waals surface area (Å²) < 4.78 is 31.7. The van der Waals surface area contributed by atoms with Crippen LogP contribution >= 0.6 is 0 Å². The van der Waals surface area contributed by atoms with Gasteiger partial charge in [-0.2, -0.15) is 0 Å². The van der Waals surface area contributed by atoms with E-state index in [1.54, 1.807) is 13.0 Å². The Bertz CT molecular complexity index is 779. The summed E-state index contributed by atoms with van der Waals surface area (Å²) in [6, 6.07) is 7.53. The van der Waals surface area contributed by atoms with Gasteiger partial charge in [0, 0.05) is 32.2 Å². The lowest BCUT2D eigenvalue weighted by Gasteiger charge is -2.49. The van der Waals surface area contributed by atoms with Crippen molar-refractivity contribution in [3.8, 4) is 0 Å². The molecule has 7 nitrogen and oxygen atoms in total. The molecule has 1 saturated carbocycles. The lowest BCUT2D eigenvalue weighted by Crippen LogP contribution is -2.63. The highest BCUT2D eigenvalue weighted by molar-refractivity contribution is 7.92. The third-order valence-corrected chi connectivity index (χ3v) is 5.89. The van der Waals surface area contributed by atoms with E-state index in [0.717, 1.165) is 57.1 Å². The largest absolute Gasteiger partial charge is 0.370 e. The number of ether oxygens (including phenoxy) is 1. The molecule has 0 unspecified atom stereocenters. The van der Waals surface area contributed by atoms with E-state index >= 15 is 0 Å². The Hall–Kier alpha value is -1.64. The first-order valence-corrected chi connectivity index (χ1v) is 11.4. The highest BCUT2D eigenvalue weighted by atomic mass is 32.2. The molecule has 1 aliphatic carbocycles. The van der Waals surface area contributed by atoms with Crippen molar-refractivity contribution in [2.75, 3.05) is 30.7 Å². The number of sulfonamides is 1. The van der Waals surface area contributed by atoms with Crippen LogP contribution in [0.15, 0.2) is 24.3 Å². The molecule has 1 spiro atoms. The third-order valence-electron chi connectivity index (χ3n) is 5.28. The van der Waals surface area contributed by atoms with Crippen LogP contribution in [0.4, 0.5) is 5.69 Å². The van der Waals surface area contributed by atoms with E-state index < -0.39 is 10.0 Å². The molecule has 0 bridgehead atoms. The molecule has 0 aromatic heterocycles. The third kappa shape index (κ3) is 5.43. The summed E-state index contributed by atoms with van der Waals surface area (Å²) in [6.45, 7) is 4.50. The molecule has 2 N–H and O–H groups in total. The molecular formula is C19H29N3O4S. The number of rotatable bonds is 5. The van der Waals surface area contributed by atoms with Gasteiger partial charge in [0.05, 0.1) is 18.9 Å². The van der Waals surface area contributed by atoms with Gasteiger partial charge in [0.15, 0.2) is 0 Å². The van der Waals surface area contributed by atoms with Crippen LogP contribution in [0, 0.1) is 0 Å². The van der Waals surface area contributed by atoms with Gasteiger partial charge in [-0.25, -0.2) is 8.42 Å². The van der Waals surface area contributed by atoms with Gasteiger partial charge in [-0.1, -0.05) is 25.0 Å². The van der Waals surface area contributed by atoms with Gasteiger partial charge in [-0.05, 0) is 30.5 Å². The van der Waals surface area contributed by atoms with E-state index in [1.165, 1.54) is 0 Å². The highest BCUT2D eigenvalue weighted by Crippen LogP contribution is 2.35. The highest BCUT2D eigenvalue weighted by Gasteiger charge is 2.45. The number of morpholine rings is 1. The van der Waals surface area contributed by atoms with Crippen molar-refractivity contribution in [2.24, 2.45) is 0 Å². The molecule has 27 heavy (non-hydrogen) atoms. The summed E-state index contributed by atoms with van der Waals surface area (Å²) in [4.78, 5) is 14.0. The Morgan fingerprint density at radius 3 is 2.93 bits per heavy atom. The van der Waals surface area contributed by atoms with Crippen molar-refractivity contribution in [3.05, 3.63) is 29.8 Å². The first-order chi connectivity index (χ1) is 12.8. The minimum Gasteiger partial charge on any atom is -0.370 e. The van der Waals surface area contributed by atoms with E-state index in [9.17, 15) is 13.2 Å². The van der Waals surface area contributed by atoms with Crippen LogP contribution in [0.3, 0.4) is 0 Å². The molecule has 3 rings (SSSR count). The maximum atomic E-state index is 11.6. The van der Waals surface area contributed by atoms with Crippen LogP contribution in [0.5, 0.6) is 0 Å². The van der Waals surface area contributed by atoms with Gasteiger partial charge >= 0.3 is 0 Å². The Morgan fingerprint density at radius 1 is 1.37 bits per heavy atom. The zero-order valence-electron chi connectivity index (χ0n) is 16.0. The van der Waals surface area contributed by atoms with Crippen molar-refractivity contribution >= 4 is 21.6 Å². The number of hydrogen-bond acceptors (Lipinski definition) is 5. The van der Waals surface area contributed by atoms with E-state index in [4.69, 9.17) is 4.74 Å². The number of nitrogens with zero attached hydrogens (tertiary/aromatic N) is 1. The average molecular weight is 396 g/mol. The lowest BCUT2D eigenvalue weighted by molar-refractivity contribution is -0.150. The predicted octanol–water partition coefficient (Wildman–Crippen LogP) is 1.71. The van der Waals surface area contributed by atoms with Gasteiger partial charge in [0.25, 0.3) is 0 Å². The summed E-state index contributed by atoms with van der Waals surface area (Å²) in [6.07, 6.45) is 5.26. The van der Waals surface area contributed by atoms with Crippen LogP contribution < -0.4 is 10.0 Å². The maximum Gasteiger partial charge on any atom is 0.229 e. The number of amides is 1. The zero-order chi connectivity index (χ0) is 19.5. The molecule has 1 aliphatic heterocycles. The Balaban J connectivity index is 1.71. The first kappa shape index (κ1) is 20.1. The number of anilines is 1. The van der Waals surface area contributed by atoms with Crippen molar-refractivity contribution in [3.63, 3.8) is 0 Å². The number of carbonyl (C=O) groups excluding carboxylic acids is 1. The minimum atomic E-state index is -3.29. The molecule has 2 atom stereocenters. The predicted molar refractivity (Wildman–Crippen MR) is 105 cm³/mol. The molecule has 1 aromatic carbocycles. The normalized spacial score (nSPS) is 26.7. The monoisotopic (exact) mass is 395 g/mol. The summed E-state index contributed by atoms with van der Waals surface area (Å²) in [5.74, 6) is -0.0125. The Kier molecular flexibility index (Phi) is 6.08. The van der Waals surface area contributed by atoms with Gasteiger partial charge in [-0.3, -0.25) is 14.4 Å². The second kappa shape index (κ2) is 8.16. The molecule has 150 valence electrons. The van der Waals surface area contributed by atoms with Crippen LogP contribution in [0.2, 0.25) is 0 Å². The minimum absolute atomic E-state index is 0.0125. The van der Waals surface area contributed by atoms with Crippen LogP contribution in [0.25, 0.3) is 0 Å². The number of hydrogen-bond donors (Lipinski definition) is 2. The second-order valence-corrected chi connectivity index (χ2v) is 9.45. The SMILES string of the molecule is CC(=O)N[C@@H]1CCCC[C@@]12CN(Cc1cccc(NS(C)(=O)=O)c1)CCO2. The maximum absolute atomic E-state index is 11.6. The van der Waals surface area contributed by atoms with Gasteiger partial charge in [-0.15, -0.1) is 0 Å². The van der Waals surface area contributed by atoms with Crippen LogP contribution in [-0.4, -0.2) is 56.8 Å². The molecule has 1 aromatic rings. The van der Waals surface area contributed by atoms with Crippen molar-refractivity contribution < 1.29 is 17.9 Å². The van der Waals surface area contributed by atoms with Gasteiger partial charge < -0.3 is 10.1 Å². The molecule has 1 amide bonds. The summed E-state index contributed by atoms with van der Waals surface area (Å²) in [7, 11) is -3.29. The smallest absolute Gasteiger partial charge is 0.229 e. The first-order valence-electron chi connectivity index (χ1n) is 9.46. The van der Waals surface area contributed by atoms with Crippen LogP contribution in [-0.2, 0) is 26.1 Å². The number of benzene rings is 1. The summed E-state index contributed by atoms with van der Waals surface area (Å²) in [5, 5.41) is 3.09. The standard InChI is InChI=1S/C19H29N3O4S/c1-15(23)20-18-8-3-4-9-19(18)14-22(10-11-26-19)13-16-6-5-7-17(12-16)21-27(2,24)25/h5-7,12,18,21H,3-4,8-11,13-14H2,1-2H3,(H,20,23)/t18-,19-/m1/s1. The quantitative estimate of drug-likeness (QED) is 0.792. The second-order valence-electron chi connectivity index (χ2n) is 7.70. The van der Waals surface area contributed by atoms with Gasteiger partial charge in [0.1, 0.15) is 5.60 Å². The molecule has 2 fully saturated rings. The van der Waals surface area contributed by atoms with Crippen molar-refractivity contribution in [1.82, 2.24) is 10.2 Å². The number of carbonyl (C=O) groups is 1. The van der Waals surface area contributed by atoms with E-state index in [2.05, 4.69) is 14.9 Å². The zero-order valence-corrected chi connectivity index (χ0v) is 16.8. The topological polar surface area (TPSA) is 87.7 Å². The molecule has 1 heterocycles. The Labute approximate surface area is 161 Å². The average Bonchev–Trinajstić information content (AvgIpc) is 2.56. The van der Waals surface area contributed by atoms with Crippen LogP contribution in [0.1, 0.15) is 38.2 Å². The molecular weight excluding hydrogens is 366 g/mol. The Morgan fingerprint density at radius 2 is 2.19 bits per heavy atom. The fourth-order valence-electron chi connectivity index (χ4n) is 4.24.